The number of aryl methyl sites for hydroxylation is 3. The van der Waals surface area contributed by atoms with Crippen LogP contribution in [-0.4, -0.2) is 85.9 Å². The van der Waals surface area contributed by atoms with Crippen molar-refractivity contribution in [3.05, 3.63) is 23.3 Å². The zero-order valence-electron chi connectivity index (χ0n) is 20.5. The molecule has 2 aromatic heterocycles. The lowest BCUT2D eigenvalue weighted by atomic mass is 10.0. The van der Waals surface area contributed by atoms with Gasteiger partial charge in [-0.2, -0.15) is 0 Å². The Bertz CT molecular complexity index is 955. The molecule has 3 rings (SSSR count). The Hall–Kier alpha value is -2.99. The van der Waals surface area contributed by atoms with Gasteiger partial charge < -0.3 is 29.5 Å². The first-order chi connectivity index (χ1) is 16.2. The van der Waals surface area contributed by atoms with E-state index in [4.69, 9.17) is 9.26 Å². The van der Waals surface area contributed by atoms with Gasteiger partial charge in [-0.05, 0) is 27.2 Å². The lowest BCUT2D eigenvalue weighted by Crippen LogP contribution is -2.48. The van der Waals surface area contributed by atoms with Crippen molar-refractivity contribution < 1.29 is 24.0 Å². The van der Waals surface area contributed by atoms with Crippen LogP contribution in [0.3, 0.4) is 0 Å². The number of hydrogen-bond acceptors (Lipinski definition) is 8. The number of carbonyl (C=O) groups excluding carboxylic acids is 2. The molecule has 0 aliphatic carbocycles. The molecule has 2 N–H and O–H groups in total. The normalized spacial score (nSPS) is 20.8. The molecule has 12 nitrogen and oxygen atoms in total. The highest BCUT2D eigenvalue weighted by atomic mass is 16.5. The van der Waals surface area contributed by atoms with Gasteiger partial charge >= 0.3 is 6.03 Å². The van der Waals surface area contributed by atoms with Crippen LogP contribution in [0.4, 0.5) is 10.5 Å². The summed E-state index contributed by atoms with van der Waals surface area (Å²) in [5.74, 6) is 0.375. The quantitative estimate of drug-likeness (QED) is 0.662. The minimum Gasteiger partial charge on any atom is -0.394 e. The molecule has 0 saturated heterocycles. The van der Waals surface area contributed by atoms with Gasteiger partial charge in [-0.1, -0.05) is 17.3 Å². The van der Waals surface area contributed by atoms with Crippen LogP contribution in [0.2, 0.25) is 0 Å². The Morgan fingerprint density at radius 2 is 2.18 bits per heavy atom. The van der Waals surface area contributed by atoms with Crippen LogP contribution in [0.5, 0.6) is 0 Å². The Morgan fingerprint density at radius 1 is 1.41 bits per heavy atom. The molecule has 0 saturated carbocycles. The van der Waals surface area contributed by atoms with Gasteiger partial charge in [0.25, 0.3) is 0 Å². The second-order valence-corrected chi connectivity index (χ2v) is 8.99. The number of aliphatic hydroxyl groups excluding tert-OH is 1. The van der Waals surface area contributed by atoms with Gasteiger partial charge in [-0.15, -0.1) is 5.10 Å². The van der Waals surface area contributed by atoms with E-state index in [1.165, 1.54) is 4.90 Å². The van der Waals surface area contributed by atoms with Crippen LogP contribution >= 0.6 is 0 Å². The van der Waals surface area contributed by atoms with Crippen LogP contribution in [0.15, 0.2) is 10.7 Å². The van der Waals surface area contributed by atoms with Crippen molar-refractivity contribution in [1.82, 2.24) is 30.0 Å². The van der Waals surface area contributed by atoms with Gasteiger partial charge in [0, 0.05) is 39.0 Å². The van der Waals surface area contributed by atoms with Gasteiger partial charge in [0.2, 0.25) is 5.91 Å². The Labute approximate surface area is 199 Å². The molecule has 2 bridgehead atoms. The molecule has 3 atom stereocenters. The SMILES string of the molecule is Cc1noc(C)c1NC(=O)N(C)C[C@H]1OCc2cn(nn2)CCCC(=O)N([C@H](C)CO)C[C@@H]1C. The predicted molar refractivity (Wildman–Crippen MR) is 123 cm³/mol. The fraction of sp³-hybridized carbons (Fsp3) is 0.682. The molecule has 2 aromatic rings. The summed E-state index contributed by atoms with van der Waals surface area (Å²) in [6.07, 6.45) is 2.39. The number of ether oxygens (including phenoxy) is 1. The number of likely N-dealkylation sites (N-methyl/N-ethyl adjacent to an activating group) is 1. The number of nitrogens with zero attached hydrogens (tertiary/aromatic N) is 6. The molecule has 34 heavy (non-hydrogen) atoms. The summed E-state index contributed by atoms with van der Waals surface area (Å²) >= 11 is 0. The summed E-state index contributed by atoms with van der Waals surface area (Å²) in [6.45, 7) is 8.65. The molecule has 3 heterocycles. The molecular weight excluding hydrogens is 442 g/mol. The summed E-state index contributed by atoms with van der Waals surface area (Å²) in [7, 11) is 1.68. The topological polar surface area (TPSA) is 139 Å². The number of rotatable bonds is 5. The van der Waals surface area contributed by atoms with E-state index >= 15 is 0 Å². The number of nitrogens with one attached hydrogen (secondary N) is 1. The van der Waals surface area contributed by atoms with Crippen molar-refractivity contribution in [3.8, 4) is 0 Å². The predicted octanol–water partition coefficient (Wildman–Crippen LogP) is 1.57. The van der Waals surface area contributed by atoms with Gasteiger partial charge in [0.05, 0.1) is 31.6 Å². The van der Waals surface area contributed by atoms with Gasteiger partial charge in [-0.3, -0.25) is 9.48 Å². The molecule has 188 valence electrons. The number of hydrogen-bond donors (Lipinski definition) is 2. The average molecular weight is 478 g/mol. The fourth-order valence-corrected chi connectivity index (χ4v) is 3.91. The zero-order chi connectivity index (χ0) is 24.8. The standard InChI is InChI=1S/C22H35N7O5/c1-14-9-29(15(2)12-30)20(31)7-6-8-28-10-18(24-26-28)13-33-19(14)11-27(5)22(32)23-21-16(3)25-34-17(21)4/h10,14-15,19,30H,6-9,11-13H2,1-5H3,(H,23,32)/t14-,15+,19+/m0/s1. The third-order valence-electron chi connectivity index (χ3n) is 6.11. The number of aromatic nitrogens is 4. The summed E-state index contributed by atoms with van der Waals surface area (Å²) in [5, 5.41) is 24.7. The first-order valence-corrected chi connectivity index (χ1v) is 11.6. The van der Waals surface area contributed by atoms with Crippen molar-refractivity contribution in [3.63, 3.8) is 0 Å². The first kappa shape index (κ1) is 25.6. The second kappa shape index (κ2) is 11.4. The van der Waals surface area contributed by atoms with E-state index in [-0.39, 0.29) is 43.7 Å². The summed E-state index contributed by atoms with van der Waals surface area (Å²) in [6, 6.07) is -0.644. The van der Waals surface area contributed by atoms with E-state index in [0.717, 1.165) is 0 Å². The van der Waals surface area contributed by atoms with E-state index in [1.807, 2.05) is 20.0 Å². The second-order valence-electron chi connectivity index (χ2n) is 8.99. The molecule has 3 amide bonds. The van der Waals surface area contributed by atoms with Crippen LogP contribution in [-0.2, 0) is 22.7 Å². The molecule has 0 spiro atoms. The maximum atomic E-state index is 12.9. The van der Waals surface area contributed by atoms with E-state index in [2.05, 4.69) is 20.8 Å². The zero-order valence-corrected chi connectivity index (χ0v) is 20.5. The molecule has 0 radical (unpaired) electrons. The Balaban J connectivity index is 1.77. The number of anilines is 1. The number of carbonyl (C=O) groups is 2. The van der Waals surface area contributed by atoms with Gasteiger partial charge in [0.1, 0.15) is 17.1 Å². The van der Waals surface area contributed by atoms with Gasteiger partial charge in [0.15, 0.2) is 5.76 Å². The van der Waals surface area contributed by atoms with Crippen molar-refractivity contribution in [1.29, 1.82) is 0 Å². The Kier molecular flexibility index (Phi) is 8.61. The van der Waals surface area contributed by atoms with E-state index < -0.39 is 6.10 Å². The summed E-state index contributed by atoms with van der Waals surface area (Å²) in [4.78, 5) is 29.0. The number of amides is 3. The van der Waals surface area contributed by atoms with E-state index in [1.54, 1.807) is 30.5 Å². The molecule has 12 heteroatoms. The number of urea groups is 1. The summed E-state index contributed by atoms with van der Waals surface area (Å²) in [5.41, 5.74) is 1.83. The molecule has 0 unspecified atom stereocenters. The highest BCUT2D eigenvalue weighted by molar-refractivity contribution is 5.90. The smallest absolute Gasteiger partial charge is 0.321 e. The molecule has 1 aliphatic rings. The number of fused-ring (bicyclic) bond motifs is 2. The third kappa shape index (κ3) is 6.32. The van der Waals surface area contributed by atoms with E-state index in [9.17, 15) is 14.7 Å². The lowest BCUT2D eigenvalue weighted by Gasteiger charge is -2.35. The lowest BCUT2D eigenvalue weighted by molar-refractivity contribution is -0.136. The van der Waals surface area contributed by atoms with Crippen molar-refractivity contribution in [2.45, 2.75) is 65.8 Å². The first-order valence-electron chi connectivity index (χ1n) is 11.6. The van der Waals surface area contributed by atoms with Crippen molar-refractivity contribution >= 4 is 17.6 Å². The maximum Gasteiger partial charge on any atom is 0.321 e. The molecule has 0 fully saturated rings. The fourth-order valence-electron chi connectivity index (χ4n) is 3.91. The van der Waals surface area contributed by atoms with E-state index in [0.29, 0.717) is 48.8 Å². The Morgan fingerprint density at radius 3 is 2.85 bits per heavy atom. The third-order valence-corrected chi connectivity index (χ3v) is 6.11. The maximum absolute atomic E-state index is 12.9. The van der Waals surface area contributed by atoms with Crippen molar-refractivity contribution in [2.24, 2.45) is 5.92 Å². The minimum absolute atomic E-state index is 0.0313. The monoisotopic (exact) mass is 477 g/mol. The molecular formula is C22H35N7O5. The highest BCUT2D eigenvalue weighted by Crippen LogP contribution is 2.20. The number of aliphatic hydroxyl groups is 1. The van der Waals surface area contributed by atoms with Crippen LogP contribution in [0, 0.1) is 19.8 Å². The average Bonchev–Trinajstić information content (AvgIpc) is 3.40. The van der Waals surface area contributed by atoms with Gasteiger partial charge in [-0.25, -0.2) is 4.79 Å². The van der Waals surface area contributed by atoms with Crippen LogP contribution in [0.25, 0.3) is 0 Å². The molecule has 1 aliphatic heterocycles. The molecule has 0 aromatic carbocycles. The largest absolute Gasteiger partial charge is 0.394 e. The van der Waals surface area contributed by atoms with Crippen molar-refractivity contribution in [2.75, 3.05) is 32.1 Å². The van der Waals surface area contributed by atoms with Crippen LogP contribution < -0.4 is 5.32 Å². The van der Waals surface area contributed by atoms with Crippen LogP contribution in [0.1, 0.15) is 43.8 Å². The minimum atomic E-state index is -0.396. The summed E-state index contributed by atoms with van der Waals surface area (Å²) < 4.78 is 13.0. The highest BCUT2D eigenvalue weighted by Gasteiger charge is 2.29.